The van der Waals surface area contributed by atoms with Crippen LogP contribution in [0.2, 0.25) is 25.7 Å². The summed E-state index contributed by atoms with van der Waals surface area (Å²) in [7, 11) is -1.09. The summed E-state index contributed by atoms with van der Waals surface area (Å²) in [4.78, 5) is 10.7. The number of carbonyl (C=O) groups is 1. The van der Waals surface area contributed by atoms with Crippen molar-refractivity contribution in [1.29, 1.82) is 0 Å². The normalized spacial score (nSPS) is 11.4. The van der Waals surface area contributed by atoms with Crippen molar-refractivity contribution in [2.75, 3.05) is 11.9 Å². The zero-order chi connectivity index (χ0) is 16.9. The van der Waals surface area contributed by atoms with Gasteiger partial charge in [0, 0.05) is 25.9 Å². The molecule has 0 saturated carbocycles. The molecule has 0 bridgehead atoms. The first-order chi connectivity index (χ1) is 10.8. The van der Waals surface area contributed by atoms with Crippen LogP contribution in [0, 0.1) is 0 Å². The van der Waals surface area contributed by atoms with E-state index in [2.05, 4.69) is 35.3 Å². The highest BCUT2D eigenvalue weighted by Gasteiger charge is 2.12. The Hall–Kier alpha value is -2.19. The number of anilines is 1. The molecule has 0 aliphatic heterocycles. The fourth-order valence-electron chi connectivity index (χ4n) is 1.91. The molecular formula is C15H22N4O3Si. The zero-order valence-corrected chi connectivity index (χ0v) is 14.6. The van der Waals surface area contributed by atoms with Crippen molar-refractivity contribution >= 4 is 19.9 Å². The molecule has 1 aromatic heterocycles. The minimum Gasteiger partial charge on any atom is -0.465 e. The number of nitrogens with zero attached hydrogens (tertiary/aromatic N) is 3. The molecule has 2 rings (SSSR count). The van der Waals surface area contributed by atoms with Gasteiger partial charge in [0.15, 0.2) is 0 Å². The summed E-state index contributed by atoms with van der Waals surface area (Å²) in [6.07, 6.45) is 0.690. The molecule has 0 radical (unpaired) electrons. The Morgan fingerprint density at radius 1 is 1.39 bits per heavy atom. The Bertz CT molecular complexity index is 667. The van der Waals surface area contributed by atoms with Gasteiger partial charge in [0.1, 0.15) is 12.4 Å². The highest BCUT2D eigenvalue weighted by atomic mass is 28.3. The molecule has 23 heavy (non-hydrogen) atoms. The third-order valence-corrected chi connectivity index (χ3v) is 4.87. The second-order valence-corrected chi connectivity index (χ2v) is 12.1. The highest BCUT2D eigenvalue weighted by Crippen LogP contribution is 2.20. The minimum atomic E-state index is -1.10. The van der Waals surface area contributed by atoms with Gasteiger partial charge in [-0.1, -0.05) is 37.0 Å². The van der Waals surface area contributed by atoms with Crippen molar-refractivity contribution in [1.82, 2.24) is 15.0 Å². The predicted octanol–water partition coefficient (Wildman–Crippen LogP) is 3.35. The third-order valence-electron chi connectivity index (χ3n) is 3.17. The SMILES string of the molecule is C[Si](C)(C)CCOCn1cc(-c2cccc(NC(=O)O)c2)nn1. The second-order valence-electron chi connectivity index (χ2n) is 6.50. The Kier molecular flexibility index (Phi) is 5.51. The Labute approximate surface area is 136 Å². The predicted molar refractivity (Wildman–Crippen MR) is 91.2 cm³/mol. The van der Waals surface area contributed by atoms with Crippen molar-refractivity contribution in [3.05, 3.63) is 30.5 Å². The zero-order valence-electron chi connectivity index (χ0n) is 13.6. The monoisotopic (exact) mass is 334 g/mol. The van der Waals surface area contributed by atoms with Crippen LogP contribution < -0.4 is 5.32 Å². The molecule has 1 aromatic carbocycles. The summed E-state index contributed by atoms with van der Waals surface area (Å²) in [5.74, 6) is 0. The van der Waals surface area contributed by atoms with Gasteiger partial charge in [-0.05, 0) is 18.2 Å². The lowest BCUT2D eigenvalue weighted by atomic mass is 10.1. The van der Waals surface area contributed by atoms with Crippen LogP contribution in [0.1, 0.15) is 0 Å². The molecule has 0 spiro atoms. The van der Waals surface area contributed by atoms with Crippen LogP contribution in [-0.4, -0.2) is 40.9 Å². The lowest BCUT2D eigenvalue weighted by molar-refractivity contribution is 0.0772. The van der Waals surface area contributed by atoms with Crippen LogP contribution in [-0.2, 0) is 11.5 Å². The Balaban J connectivity index is 1.95. The number of hydrogen-bond donors (Lipinski definition) is 2. The molecule has 2 N–H and O–H groups in total. The Morgan fingerprint density at radius 3 is 2.87 bits per heavy atom. The van der Waals surface area contributed by atoms with Gasteiger partial charge in [0.25, 0.3) is 0 Å². The standard InChI is InChI=1S/C15H22N4O3Si/c1-23(2,3)8-7-22-11-19-10-14(17-18-19)12-5-4-6-13(9-12)16-15(20)21/h4-6,9-10,16H,7-8,11H2,1-3H3,(H,20,21). The molecule has 8 heteroatoms. The Morgan fingerprint density at radius 2 is 2.17 bits per heavy atom. The van der Waals surface area contributed by atoms with Crippen LogP contribution >= 0.6 is 0 Å². The van der Waals surface area contributed by atoms with E-state index in [0.29, 0.717) is 18.1 Å². The molecule has 2 aromatic rings. The maximum atomic E-state index is 10.7. The molecular weight excluding hydrogens is 312 g/mol. The minimum absolute atomic E-state index is 0.366. The summed E-state index contributed by atoms with van der Waals surface area (Å²) in [6, 6.07) is 8.13. The smallest absolute Gasteiger partial charge is 0.409 e. The van der Waals surface area contributed by atoms with E-state index in [0.717, 1.165) is 18.2 Å². The van der Waals surface area contributed by atoms with Gasteiger partial charge < -0.3 is 9.84 Å². The number of carboxylic acid groups (broad SMARTS) is 1. The third kappa shape index (κ3) is 5.84. The van der Waals surface area contributed by atoms with Gasteiger partial charge in [0.05, 0.1) is 6.20 Å². The van der Waals surface area contributed by atoms with E-state index in [-0.39, 0.29) is 0 Å². The average Bonchev–Trinajstić information content (AvgIpc) is 2.91. The van der Waals surface area contributed by atoms with E-state index in [1.54, 1.807) is 29.1 Å². The van der Waals surface area contributed by atoms with Gasteiger partial charge in [-0.3, -0.25) is 5.32 Å². The maximum absolute atomic E-state index is 10.7. The molecule has 124 valence electrons. The second kappa shape index (κ2) is 7.38. The van der Waals surface area contributed by atoms with Gasteiger partial charge in [-0.25, -0.2) is 9.48 Å². The topological polar surface area (TPSA) is 89.3 Å². The first-order valence-electron chi connectivity index (χ1n) is 7.42. The summed E-state index contributed by atoms with van der Waals surface area (Å²) < 4.78 is 7.26. The quantitative estimate of drug-likeness (QED) is 0.599. The molecule has 7 nitrogen and oxygen atoms in total. The van der Waals surface area contributed by atoms with Crippen molar-refractivity contribution < 1.29 is 14.6 Å². The molecule has 0 atom stereocenters. The van der Waals surface area contributed by atoms with Crippen LogP contribution in [0.5, 0.6) is 0 Å². The number of nitrogens with one attached hydrogen (secondary N) is 1. The molecule has 0 aliphatic carbocycles. The van der Waals surface area contributed by atoms with Crippen molar-refractivity contribution in [2.24, 2.45) is 0 Å². The van der Waals surface area contributed by atoms with Crippen LogP contribution in [0.4, 0.5) is 10.5 Å². The van der Waals surface area contributed by atoms with E-state index in [1.807, 2.05) is 6.07 Å². The van der Waals surface area contributed by atoms with E-state index < -0.39 is 14.2 Å². The van der Waals surface area contributed by atoms with Crippen molar-refractivity contribution in [3.63, 3.8) is 0 Å². The highest BCUT2D eigenvalue weighted by molar-refractivity contribution is 6.76. The maximum Gasteiger partial charge on any atom is 0.409 e. The summed E-state index contributed by atoms with van der Waals surface area (Å²) in [6.45, 7) is 8.01. The van der Waals surface area contributed by atoms with Gasteiger partial charge in [-0.15, -0.1) is 5.10 Å². The van der Waals surface area contributed by atoms with Gasteiger partial charge >= 0.3 is 6.09 Å². The summed E-state index contributed by atoms with van der Waals surface area (Å²) in [5, 5.41) is 19.2. The van der Waals surface area contributed by atoms with E-state index in [1.165, 1.54) is 0 Å². The number of ether oxygens (including phenoxy) is 1. The number of aromatic nitrogens is 3. The number of amides is 1. The van der Waals surface area contributed by atoms with Gasteiger partial charge in [-0.2, -0.15) is 0 Å². The van der Waals surface area contributed by atoms with Crippen LogP contribution in [0.15, 0.2) is 30.5 Å². The van der Waals surface area contributed by atoms with E-state index in [9.17, 15) is 4.79 Å². The first-order valence-corrected chi connectivity index (χ1v) is 11.1. The van der Waals surface area contributed by atoms with Crippen molar-refractivity contribution in [2.45, 2.75) is 32.4 Å². The number of benzene rings is 1. The lowest BCUT2D eigenvalue weighted by Gasteiger charge is -2.15. The lowest BCUT2D eigenvalue weighted by Crippen LogP contribution is -2.22. The largest absolute Gasteiger partial charge is 0.465 e. The molecule has 1 heterocycles. The molecule has 0 aliphatic rings. The molecule has 0 saturated heterocycles. The van der Waals surface area contributed by atoms with Crippen LogP contribution in [0.25, 0.3) is 11.3 Å². The van der Waals surface area contributed by atoms with E-state index >= 15 is 0 Å². The average molecular weight is 334 g/mol. The van der Waals surface area contributed by atoms with Crippen molar-refractivity contribution in [3.8, 4) is 11.3 Å². The number of hydrogen-bond acceptors (Lipinski definition) is 4. The molecule has 1 amide bonds. The van der Waals surface area contributed by atoms with E-state index in [4.69, 9.17) is 9.84 Å². The summed E-state index contributed by atoms with van der Waals surface area (Å²) in [5.41, 5.74) is 1.97. The molecule has 0 unspecified atom stereocenters. The van der Waals surface area contributed by atoms with Crippen LogP contribution in [0.3, 0.4) is 0 Å². The first kappa shape index (κ1) is 17.2. The summed E-state index contributed by atoms with van der Waals surface area (Å²) >= 11 is 0. The fraction of sp³-hybridized carbons (Fsp3) is 0.400. The number of rotatable bonds is 7. The molecule has 0 fully saturated rings. The van der Waals surface area contributed by atoms with Gasteiger partial charge in [0.2, 0.25) is 0 Å². The fourth-order valence-corrected chi connectivity index (χ4v) is 2.67.